The second kappa shape index (κ2) is 6.67. The van der Waals surface area contributed by atoms with Crippen molar-refractivity contribution in [3.63, 3.8) is 0 Å². The van der Waals surface area contributed by atoms with Crippen molar-refractivity contribution in [1.82, 2.24) is 5.43 Å². The Morgan fingerprint density at radius 1 is 1.17 bits per heavy atom. The maximum absolute atomic E-state index is 11.8. The number of nitrogens with two attached hydrogens (primary N) is 1. The molecule has 24 heavy (non-hydrogen) atoms. The van der Waals surface area contributed by atoms with E-state index < -0.39 is 6.09 Å². The molecule has 0 bridgehead atoms. The van der Waals surface area contributed by atoms with E-state index in [2.05, 4.69) is 15.8 Å². The first kappa shape index (κ1) is 15.9. The van der Waals surface area contributed by atoms with Crippen LogP contribution in [0.4, 0.5) is 10.5 Å². The molecule has 1 amide bonds. The van der Waals surface area contributed by atoms with Crippen molar-refractivity contribution < 1.29 is 9.53 Å². The molecule has 0 unspecified atom stereocenters. The van der Waals surface area contributed by atoms with E-state index in [0.29, 0.717) is 12.3 Å². The summed E-state index contributed by atoms with van der Waals surface area (Å²) in [6, 6.07) is 13.4. The molecule has 0 saturated heterocycles. The highest BCUT2D eigenvalue weighted by Gasteiger charge is 2.27. The van der Waals surface area contributed by atoms with Crippen LogP contribution in [0.1, 0.15) is 18.1 Å². The Balaban J connectivity index is 2.11. The predicted octanol–water partition coefficient (Wildman–Crippen LogP) is 2.82. The van der Waals surface area contributed by atoms with Crippen molar-refractivity contribution >= 4 is 34.8 Å². The minimum atomic E-state index is -0.491. The summed E-state index contributed by atoms with van der Waals surface area (Å²) in [4.78, 5) is 11.8. The molecule has 0 saturated carbocycles. The summed E-state index contributed by atoms with van der Waals surface area (Å²) in [5.41, 5.74) is 13.2. The van der Waals surface area contributed by atoms with Crippen LogP contribution in [-0.4, -0.2) is 23.5 Å². The number of rotatable bonds is 3. The Kier molecular flexibility index (Phi) is 4.43. The van der Waals surface area contributed by atoms with Gasteiger partial charge in [-0.2, -0.15) is 5.10 Å². The van der Waals surface area contributed by atoms with Crippen LogP contribution in [0.3, 0.4) is 0 Å². The molecule has 2 aromatic carbocycles. The standard InChI is InChI=1S/C17H16N4O2S/c1-2-23-17(22)19-13-9-5-8-12-14(13)10-6-3-4-7-11(10)15(12)20-21-16(18)24/h3-9H,2H2,1H3,(H,19,22)(H3,18,21,24). The van der Waals surface area contributed by atoms with E-state index in [0.717, 1.165) is 28.0 Å². The highest BCUT2D eigenvalue weighted by molar-refractivity contribution is 7.80. The highest BCUT2D eigenvalue weighted by atomic mass is 32.1. The van der Waals surface area contributed by atoms with E-state index in [-0.39, 0.29) is 5.11 Å². The van der Waals surface area contributed by atoms with Gasteiger partial charge < -0.3 is 10.5 Å². The molecule has 0 atom stereocenters. The normalized spacial score (nSPS) is 13.1. The summed E-state index contributed by atoms with van der Waals surface area (Å²) < 4.78 is 4.97. The highest BCUT2D eigenvalue weighted by Crippen LogP contribution is 2.41. The summed E-state index contributed by atoms with van der Waals surface area (Å²) in [5, 5.41) is 7.19. The van der Waals surface area contributed by atoms with Crippen molar-refractivity contribution in [3.8, 4) is 11.1 Å². The number of carbonyl (C=O) groups excluding carboxylic acids is 1. The number of nitrogens with zero attached hydrogens (tertiary/aromatic N) is 1. The Morgan fingerprint density at radius 2 is 1.88 bits per heavy atom. The largest absolute Gasteiger partial charge is 0.450 e. The minimum absolute atomic E-state index is 0.0919. The number of thiocarbonyl (C=S) groups is 1. The Morgan fingerprint density at radius 3 is 2.58 bits per heavy atom. The number of fused-ring (bicyclic) bond motifs is 3. The molecule has 3 rings (SSSR count). The molecule has 0 heterocycles. The van der Waals surface area contributed by atoms with Gasteiger partial charge in [0.25, 0.3) is 0 Å². The van der Waals surface area contributed by atoms with Gasteiger partial charge in [-0.1, -0.05) is 36.4 Å². The summed E-state index contributed by atoms with van der Waals surface area (Å²) in [6.45, 7) is 2.07. The zero-order chi connectivity index (χ0) is 17.1. The SMILES string of the molecule is CCOC(=O)Nc1cccc2c1-c1ccccc1C2=NNC(N)=S. The van der Waals surface area contributed by atoms with E-state index in [1.807, 2.05) is 42.5 Å². The number of amides is 1. The first-order chi connectivity index (χ1) is 11.6. The first-order valence-corrected chi connectivity index (χ1v) is 7.82. The maximum atomic E-state index is 11.8. The van der Waals surface area contributed by atoms with Crippen LogP contribution in [0.25, 0.3) is 11.1 Å². The average Bonchev–Trinajstić information content (AvgIpc) is 2.88. The topological polar surface area (TPSA) is 88.7 Å². The molecular weight excluding hydrogens is 324 g/mol. The van der Waals surface area contributed by atoms with Crippen LogP contribution < -0.4 is 16.5 Å². The van der Waals surface area contributed by atoms with E-state index in [9.17, 15) is 4.79 Å². The number of carbonyl (C=O) groups is 1. The number of nitrogens with one attached hydrogen (secondary N) is 2. The Bertz CT molecular complexity index is 848. The Labute approximate surface area is 144 Å². The molecule has 122 valence electrons. The summed E-state index contributed by atoms with van der Waals surface area (Å²) >= 11 is 4.83. The summed E-state index contributed by atoms with van der Waals surface area (Å²) in [5.74, 6) is 0. The average molecular weight is 340 g/mol. The lowest BCUT2D eigenvalue weighted by Gasteiger charge is -2.10. The third-order valence-corrected chi connectivity index (χ3v) is 3.65. The zero-order valence-electron chi connectivity index (χ0n) is 13.0. The van der Waals surface area contributed by atoms with Crippen LogP contribution in [0.15, 0.2) is 47.6 Å². The van der Waals surface area contributed by atoms with E-state index in [1.54, 1.807) is 6.92 Å². The number of hydrogen-bond donors (Lipinski definition) is 3. The van der Waals surface area contributed by atoms with Gasteiger partial charge >= 0.3 is 6.09 Å². The van der Waals surface area contributed by atoms with Gasteiger partial charge in [-0.15, -0.1) is 0 Å². The molecule has 2 aromatic rings. The van der Waals surface area contributed by atoms with Crippen LogP contribution >= 0.6 is 12.2 Å². The molecule has 1 aliphatic rings. The molecule has 6 nitrogen and oxygen atoms in total. The molecule has 0 radical (unpaired) electrons. The van der Waals surface area contributed by atoms with Crippen molar-refractivity contribution in [2.45, 2.75) is 6.92 Å². The van der Waals surface area contributed by atoms with Gasteiger partial charge in [0.1, 0.15) is 0 Å². The summed E-state index contributed by atoms with van der Waals surface area (Å²) in [7, 11) is 0. The van der Waals surface area contributed by atoms with Gasteiger partial charge in [-0.05, 0) is 30.8 Å². The number of ether oxygens (including phenoxy) is 1. The fourth-order valence-corrected chi connectivity index (χ4v) is 2.75. The maximum Gasteiger partial charge on any atom is 0.411 e. The quantitative estimate of drug-likeness (QED) is 0.504. The smallest absolute Gasteiger partial charge is 0.411 e. The molecule has 1 aliphatic carbocycles. The Hall–Kier alpha value is -2.93. The van der Waals surface area contributed by atoms with Crippen molar-refractivity contribution in [3.05, 3.63) is 53.6 Å². The zero-order valence-corrected chi connectivity index (χ0v) is 13.8. The number of anilines is 1. The van der Waals surface area contributed by atoms with Crippen molar-refractivity contribution in [2.24, 2.45) is 10.8 Å². The lowest BCUT2D eigenvalue weighted by molar-refractivity contribution is 0.168. The molecule has 0 spiro atoms. The van der Waals surface area contributed by atoms with Gasteiger partial charge in [0.05, 0.1) is 18.0 Å². The van der Waals surface area contributed by atoms with Gasteiger partial charge in [-0.3, -0.25) is 10.7 Å². The van der Waals surface area contributed by atoms with E-state index in [4.69, 9.17) is 22.7 Å². The van der Waals surface area contributed by atoms with E-state index >= 15 is 0 Å². The van der Waals surface area contributed by atoms with E-state index in [1.165, 1.54) is 0 Å². The summed E-state index contributed by atoms with van der Waals surface area (Å²) in [6.07, 6.45) is -0.491. The third kappa shape index (κ3) is 2.93. The number of hydrazone groups is 1. The molecule has 7 heteroatoms. The van der Waals surface area contributed by atoms with Crippen LogP contribution in [0, 0.1) is 0 Å². The lowest BCUT2D eigenvalue weighted by atomic mass is 10.0. The van der Waals surface area contributed by atoms with Gasteiger partial charge in [0.2, 0.25) is 0 Å². The second-order valence-electron chi connectivity index (χ2n) is 5.06. The molecular formula is C17H16N4O2S. The number of benzene rings is 2. The lowest BCUT2D eigenvalue weighted by Crippen LogP contribution is -2.25. The number of hydrogen-bond acceptors (Lipinski definition) is 4. The molecule has 0 aliphatic heterocycles. The van der Waals surface area contributed by atoms with Crippen LogP contribution in [0.5, 0.6) is 0 Å². The second-order valence-corrected chi connectivity index (χ2v) is 5.50. The van der Waals surface area contributed by atoms with Gasteiger partial charge in [0.15, 0.2) is 5.11 Å². The first-order valence-electron chi connectivity index (χ1n) is 7.42. The van der Waals surface area contributed by atoms with Crippen LogP contribution in [0.2, 0.25) is 0 Å². The molecule has 0 fully saturated rings. The monoisotopic (exact) mass is 340 g/mol. The predicted molar refractivity (Wildman–Crippen MR) is 98.1 cm³/mol. The minimum Gasteiger partial charge on any atom is -0.450 e. The fraction of sp³-hybridized carbons (Fsp3) is 0.118. The van der Waals surface area contributed by atoms with Gasteiger partial charge in [-0.25, -0.2) is 4.79 Å². The van der Waals surface area contributed by atoms with Crippen LogP contribution in [-0.2, 0) is 4.74 Å². The molecule has 4 N–H and O–H groups in total. The van der Waals surface area contributed by atoms with Crippen molar-refractivity contribution in [2.75, 3.05) is 11.9 Å². The van der Waals surface area contributed by atoms with Gasteiger partial charge in [0, 0.05) is 16.7 Å². The van der Waals surface area contributed by atoms with Crippen molar-refractivity contribution in [1.29, 1.82) is 0 Å². The molecule has 0 aromatic heterocycles. The third-order valence-electron chi connectivity index (χ3n) is 3.56. The fourth-order valence-electron chi connectivity index (χ4n) is 2.71.